The first-order valence-corrected chi connectivity index (χ1v) is 17.2. The molecule has 0 spiro atoms. The summed E-state index contributed by atoms with van der Waals surface area (Å²) in [6, 6.07) is 4.04. The van der Waals surface area contributed by atoms with Gasteiger partial charge in [0, 0.05) is 24.5 Å². The second kappa shape index (κ2) is 15.1. The van der Waals surface area contributed by atoms with Gasteiger partial charge in [-0.05, 0) is 133 Å². The topological polar surface area (TPSA) is 82.3 Å². The van der Waals surface area contributed by atoms with Crippen LogP contribution in [0.5, 0.6) is 0 Å². The van der Waals surface area contributed by atoms with Gasteiger partial charge in [0.05, 0.1) is 0 Å². The van der Waals surface area contributed by atoms with E-state index in [1.165, 1.54) is 70.2 Å². The van der Waals surface area contributed by atoms with Crippen LogP contribution in [-0.2, 0) is 12.8 Å². The van der Waals surface area contributed by atoms with Crippen molar-refractivity contribution in [2.24, 2.45) is 11.8 Å². The van der Waals surface area contributed by atoms with Gasteiger partial charge in [0.1, 0.15) is 0 Å². The highest BCUT2D eigenvalue weighted by atomic mass is 16.2. The molecule has 6 nitrogen and oxygen atoms in total. The molecule has 0 radical (unpaired) electrons. The van der Waals surface area contributed by atoms with E-state index in [-0.39, 0.29) is 12.1 Å². The first-order chi connectivity index (χ1) is 21.1. The monoisotopic (exact) mass is 600 g/mol. The first kappa shape index (κ1) is 33.6. The lowest BCUT2D eigenvalue weighted by molar-refractivity contribution is 0.251. The molecular formula is C38H56N4O2. The van der Waals surface area contributed by atoms with Gasteiger partial charge in [-0.25, -0.2) is 9.59 Å². The summed E-state index contributed by atoms with van der Waals surface area (Å²) in [5.41, 5.74) is 14.8. The van der Waals surface area contributed by atoms with E-state index in [2.05, 4.69) is 88.8 Å². The van der Waals surface area contributed by atoms with Crippen molar-refractivity contribution in [2.45, 2.75) is 120 Å². The number of rotatable bonds is 12. The van der Waals surface area contributed by atoms with Crippen molar-refractivity contribution in [1.82, 2.24) is 10.6 Å². The highest BCUT2D eigenvalue weighted by molar-refractivity contribution is 6.03. The average molecular weight is 601 g/mol. The number of nitrogens with one attached hydrogen (secondary N) is 4. The van der Waals surface area contributed by atoms with Crippen LogP contribution < -0.4 is 21.3 Å². The van der Waals surface area contributed by atoms with E-state index in [0.29, 0.717) is 24.9 Å². The van der Waals surface area contributed by atoms with E-state index in [9.17, 15) is 9.59 Å². The Morgan fingerprint density at radius 3 is 1.39 bits per heavy atom. The molecule has 2 aliphatic carbocycles. The van der Waals surface area contributed by atoms with Crippen LogP contribution in [0.15, 0.2) is 12.1 Å². The second-order valence-electron chi connectivity index (χ2n) is 13.4. The summed E-state index contributed by atoms with van der Waals surface area (Å²) >= 11 is 0. The number of unbranched alkanes of at least 4 members (excludes halogenated alkanes) is 6. The summed E-state index contributed by atoms with van der Waals surface area (Å²) in [7, 11) is 0. The Kier molecular flexibility index (Phi) is 11.6. The largest absolute Gasteiger partial charge is 0.338 e. The molecule has 4 rings (SSSR count). The summed E-state index contributed by atoms with van der Waals surface area (Å²) in [5.74, 6) is 0.743. The molecule has 0 heterocycles. The van der Waals surface area contributed by atoms with Crippen LogP contribution in [0.1, 0.15) is 124 Å². The minimum Gasteiger partial charge on any atom is -0.338 e. The quantitative estimate of drug-likeness (QED) is 0.183. The molecule has 2 aliphatic rings. The van der Waals surface area contributed by atoms with Crippen LogP contribution >= 0.6 is 0 Å². The molecule has 2 atom stereocenters. The van der Waals surface area contributed by atoms with E-state index in [4.69, 9.17) is 0 Å². The molecule has 6 heteroatoms. The molecule has 2 aromatic rings. The molecule has 0 saturated heterocycles. The van der Waals surface area contributed by atoms with Crippen LogP contribution in [0.2, 0.25) is 0 Å². The Morgan fingerprint density at radius 2 is 1.02 bits per heavy atom. The number of anilines is 2. The van der Waals surface area contributed by atoms with Crippen LogP contribution in [0.3, 0.4) is 0 Å². The van der Waals surface area contributed by atoms with Crippen molar-refractivity contribution in [2.75, 3.05) is 23.7 Å². The zero-order valence-electron chi connectivity index (χ0n) is 28.6. The van der Waals surface area contributed by atoms with Gasteiger partial charge in [0.25, 0.3) is 0 Å². The smallest absolute Gasteiger partial charge is 0.319 e. The Labute approximate surface area is 266 Å². The number of allylic oxidation sites excluding steroid dienone is 2. The molecule has 0 unspecified atom stereocenters. The van der Waals surface area contributed by atoms with Gasteiger partial charge >= 0.3 is 12.1 Å². The molecule has 4 N–H and O–H groups in total. The Morgan fingerprint density at radius 1 is 0.636 bits per heavy atom. The minimum absolute atomic E-state index is 0.130. The number of carbonyl (C=O) groups is 2. The predicted molar refractivity (Wildman–Crippen MR) is 187 cm³/mol. The number of carbonyl (C=O) groups excluding carboxylic acids is 2. The lowest BCUT2D eigenvalue weighted by atomic mass is 9.84. The fourth-order valence-corrected chi connectivity index (χ4v) is 7.40. The zero-order valence-corrected chi connectivity index (χ0v) is 28.6. The Hall–Kier alpha value is -3.28. The maximum Gasteiger partial charge on any atom is 0.319 e. The van der Waals surface area contributed by atoms with E-state index >= 15 is 0 Å². The summed E-state index contributed by atoms with van der Waals surface area (Å²) < 4.78 is 0. The number of hydrogen-bond acceptors (Lipinski definition) is 2. The number of aryl methyl sites for hydroxylation is 2. The molecule has 0 aromatic heterocycles. The molecule has 2 aromatic carbocycles. The van der Waals surface area contributed by atoms with Gasteiger partial charge < -0.3 is 21.3 Å². The summed E-state index contributed by atoms with van der Waals surface area (Å²) in [4.78, 5) is 25.7. The summed E-state index contributed by atoms with van der Waals surface area (Å²) in [5, 5.41) is 12.5. The SMILES string of the molecule is CCCCCCNC(=O)Nc1cc(C)c2c(c1C)/C(=C1/c3c(C)c(NC(=O)NCCCCCC)cc(C)c3C[C@@H]1C)[C@@H](C)C2. The molecule has 0 aliphatic heterocycles. The molecule has 0 bridgehead atoms. The van der Waals surface area contributed by atoms with Crippen LogP contribution in [-0.4, -0.2) is 25.2 Å². The standard InChI is InChI=1S/C38H56N4O2/c1-9-11-13-15-17-39-37(43)41-31-21-23(3)29-19-25(5)33(35(29)27(31)7)34-26(6)20-30-24(4)22-32(28(8)36(30)34)42-38(44)40-18-16-14-12-10-2/h21-22,25-26H,9-20H2,1-8H3,(H2,39,41,43)(H2,40,42,44)/b34-33+/t25-,26-/m0/s1. The lowest BCUT2D eigenvalue weighted by Gasteiger charge is -2.22. The van der Waals surface area contributed by atoms with E-state index in [1.54, 1.807) is 0 Å². The fraction of sp³-hybridized carbons (Fsp3) is 0.579. The Balaban J connectivity index is 1.67. The van der Waals surface area contributed by atoms with Crippen LogP contribution in [0, 0.1) is 39.5 Å². The Bertz CT molecular complexity index is 1300. The average Bonchev–Trinajstić information content (AvgIpc) is 3.50. The predicted octanol–water partition coefficient (Wildman–Crippen LogP) is 9.62. The third-order valence-electron chi connectivity index (χ3n) is 9.80. The third-order valence-corrected chi connectivity index (χ3v) is 9.80. The number of fused-ring (bicyclic) bond motifs is 2. The van der Waals surface area contributed by atoms with Crippen molar-refractivity contribution >= 4 is 34.6 Å². The maximum atomic E-state index is 12.9. The molecule has 0 fully saturated rings. The van der Waals surface area contributed by atoms with Gasteiger partial charge in [-0.2, -0.15) is 0 Å². The van der Waals surface area contributed by atoms with Crippen molar-refractivity contribution in [3.05, 3.63) is 56.6 Å². The van der Waals surface area contributed by atoms with Crippen LogP contribution in [0.4, 0.5) is 21.0 Å². The number of amides is 4. The highest BCUT2D eigenvalue weighted by Gasteiger charge is 2.37. The van der Waals surface area contributed by atoms with Gasteiger partial charge in [0.15, 0.2) is 0 Å². The molecule has 44 heavy (non-hydrogen) atoms. The lowest BCUT2D eigenvalue weighted by Crippen LogP contribution is -2.30. The molecule has 0 saturated carbocycles. The second-order valence-corrected chi connectivity index (χ2v) is 13.4. The summed E-state index contributed by atoms with van der Waals surface area (Å²) in [6.07, 6.45) is 11.1. The maximum absolute atomic E-state index is 12.9. The third kappa shape index (κ3) is 7.33. The van der Waals surface area contributed by atoms with Crippen molar-refractivity contribution in [1.29, 1.82) is 0 Å². The van der Waals surface area contributed by atoms with Crippen molar-refractivity contribution in [3.63, 3.8) is 0 Å². The van der Waals surface area contributed by atoms with Crippen molar-refractivity contribution in [3.8, 4) is 0 Å². The highest BCUT2D eigenvalue weighted by Crippen LogP contribution is 2.53. The molecular weight excluding hydrogens is 544 g/mol. The zero-order chi connectivity index (χ0) is 32.0. The first-order valence-electron chi connectivity index (χ1n) is 17.2. The number of hydrogen-bond donors (Lipinski definition) is 4. The number of urea groups is 2. The normalized spacial score (nSPS) is 18.6. The minimum atomic E-state index is -0.130. The molecule has 240 valence electrons. The fourth-order valence-electron chi connectivity index (χ4n) is 7.40. The van der Waals surface area contributed by atoms with E-state index < -0.39 is 0 Å². The number of benzene rings is 2. The van der Waals surface area contributed by atoms with Crippen molar-refractivity contribution < 1.29 is 9.59 Å². The van der Waals surface area contributed by atoms with Gasteiger partial charge in [0.2, 0.25) is 0 Å². The van der Waals surface area contributed by atoms with Crippen LogP contribution in [0.25, 0.3) is 11.1 Å². The summed E-state index contributed by atoms with van der Waals surface area (Å²) in [6.45, 7) is 19.2. The van der Waals surface area contributed by atoms with E-state index in [1.807, 2.05) is 0 Å². The van der Waals surface area contributed by atoms with Gasteiger partial charge in [-0.15, -0.1) is 0 Å². The van der Waals surface area contributed by atoms with E-state index in [0.717, 1.165) is 61.0 Å². The van der Waals surface area contributed by atoms with Gasteiger partial charge in [-0.1, -0.05) is 66.2 Å². The van der Waals surface area contributed by atoms with Gasteiger partial charge in [-0.3, -0.25) is 0 Å². The molecule has 4 amide bonds.